The third-order valence-corrected chi connectivity index (χ3v) is 13.5. The molecule has 292 valence electrons. The van der Waals surface area contributed by atoms with Gasteiger partial charge in [-0.2, -0.15) is 0 Å². The Kier molecular flexibility index (Phi) is 8.08. The summed E-state index contributed by atoms with van der Waals surface area (Å²) in [6, 6.07) is 74.3. The van der Waals surface area contributed by atoms with Crippen LogP contribution >= 0.6 is 0 Å². The lowest BCUT2D eigenvalue weighted by Crippen LogP contribution is -2.24. The molecule has 0 saturated heterocycles. The summed E-state index contributed by atoms with van der Waals surface area (Å²) in [7, 11) is 0. The van der Waals surface area contributed by atoms with Crippen LogP contribution in [0, 0.1) is 0 Å². The normalized spacial score (nSPS) is 14.0. The zero-order valence-corrected chi connectivity index (χ0v) is 34.5. The minimum absolute atomic E-state index is 0.208. The van der Waals surface area contributed by atoms with Gasteiger partial charge >= 0.3 is 0 Å². The maximum absolute atomic E-state index is 2.52. The number of nitrogens with zero attached hydrogens (tertiary/aromatic N) is 3. The lowest BCUT2D eigenvalue weighted by molar-refractivity contribution is 0.660. The highest BCUT2D eigenvalue weighted by Crippen LogP contribution is 2.56. The average Bonchev–Trinajstić information content (AvgIpc) is 3.77. The Morgan fingerprint density at radius 2 is 1.13 bits per heavy atom. The number of benzene rings is 9. The van der Waals surface area contributed by atoms with Gasteiger partial charge < -0.3 is 14.4 Å². The second kappa shape index (κ2) is 13.9. The van der Waals surface area contributed by atoms with Crippen LogP contribution in [0.25, 0.3) is 60.5 Å². The van der Waals surface area contributed by atoms with Gasteiger partial charge in [0.05, 0.1) is 11.0 Å². The summed E-state index contributed by atoms with van der Waals surface area (Å²) >= 11 is 0. The highest BCUT2D eigenvalue weighted by Gasteiger charge is 2.38. The van der Waals surface area contributed by atoms with Crippen LogP contribution in [0.15, 0.2) is 200 Å². The monoisotopic (exact) mass is 783 g/mol. The molecule has 1 aliphatic carbocycles. The lowest BCUT2D eigenvalue weighted by atomic mass is 9.81. The van der Waals surface area contributed by atoms with Crippen molar-refractivity contribution in [3.63, 3.8) is 0 Å². The van der Waals surface area contributed by atoms with Crippen molar-refractivity contribution in [2.24, 2.45) is 0 Å². The zero-order valence-electron chi connectivity index (χ0n) is 34.5. The SMILES string of the molecule is CC1(C)c2ccccc2-c2c(-c3cccc4c3CCCN4c3ccccc3)cc(N(c3ccc4ccccc4c3)c3ccc4c5ccccc5n(-c5ccccc5)c4c3)cc21. The maximum Gasteiger partial charge on any atom is 0.0561 e. The van der Waals surface area contributed by atoms with Gasteiger partial charge in [-0.05, 0) is 135 Å². The first-order chi connectivity index (χ1) is 30.0. The van der Waals surface area contributed by atoms with Crippen LogP contribution in [0.4, 0.5) is 28.4 Å². The van der Waals surface area contributed by atoms with Crippen LogP contribution in [0.5, 0.6) is 0 Å². The molecule has 0 N–H and O–H groups in total. The summed E-state index contributed by atoms with van der Waals surface area (Å²) in [5.41, 5.74) is 18.8. The molecule has 0 atom stereocenters. The first kappa shape index (κ1) is 35.6. The lowest BCUT2D eigenvalue weighted by Gasteiger charge is -2.33. The van der Waals surface area contributed by atoms with E-state index >= 15 is 0 Å². The van der Waals surface area contributed by atoms with E-state index in [0.717, 1.165) is 42.1 Å². The van der Waals surface area contributed by atoms with Crippen LogP contribution in [0.3, 0.4) is 0 Å². The Morgan fingerprint density at radius 1 is 0.459 bits per heavy atom. The highest BCUT2D eigenvalue weighted by atomic mass is 15.2. The van der Waals surface area contributed by atoms with Crippen molar-refractivity contribution in [1.29, 1.82) is 0 Å². The predicted molar refractivity (Wildman–Crippen MR) is 258 cm³/mol. The molecule has 0 spiro atoms. The van der Waals surface area contributed by atoms with Gasteiger partial charge in [-0.25, -0.2) is 0 Å². The molecule has 10 aromatic rings. The van der Waals surface area contributed by atoms with E-state index in [9.17, 15) is 0 Å². The summed E-state index contributed by atoms with van der Waals surface area (Å²) in [5, 5.41) is 4.95. The molecule has 0 amide bonds. The van der Waals surface area contributed by atoms with Crippen LogP contribution in [-0.4, -0.2) is 11.1 Å². The van der Waals surface area contributed by atoms with Gasteiger partial charge in [-0.15, -0.1) is 0 Å². The first-order valence-corrected chi connectivity index (χ1v) is 21.6. The van der Waals surface area contributed by atoms with Gasteiger partial charge in [-0.1, -0.05) is 141 Å². The van der Waals surface area contributed by atoms with Crippen LogP contribution in [0.1, 0.15) is 37.0 Å². The molecule has 1 aliphatic heterocycles. The Morgan fingerprint density at radius 3 is 1.98 bits per heavy atom. The van der Waals surface area contributed by atoms with E-state index in [2.05, 4.69) is 228 Å². The highest BCUT2D eigenvalue weighted by molar-refractivity contribution is 6.10. The number of para-hydroxylation sites is 3. The maximum atomic E-state index is 2.52. The topological polar surface area (TPSA) is 11.4 Å². The van der Waals surface area contributed by atoms with Gasteiger partial charge in [0.25, 0.3) is 0 Å². The van der Waals surface area contributed by atoms with Gasteiger partial charge in [-0.3, -0.25) is 0 Å². The van der Waals surface area contributed by atoms with E-state index in [4.69, 9.17) is 0 Å². The summed E-state index contributed by atoms with van der Waals surface area (Å²) in [4.78, 5) is 5.03. The summed E-state index contributed by atoms with van der Waals surface area (Å²) in [6.07, 6.45) is 2.13. The number of anilines is 5. The fourth-order valence-corrected chi connectivity index (χ4v) is 10.6. The molecule has 2 heterocycles. The largest absolute Gasteiger partial charge is 0.341 e. The van der Waals surface area contributed by atoms with E-state index in [-0.39, 0.29) is 5.41 Å². The molecular weight excluding hydrogens is 739 g/mol. The van der Waals surface area contributed by atoms with Crippen molar-refractivity contribution in [3.05, 3.63) is 217 Å². The van der Waals surface area contributed by atoms with E-state index in [1.807, 2.05) is 0 Å². The van der Waals surface area contributed by atoms with E-state index in [1.54, 1.807) is 0 Å². The first-order valence-electron chi connectivity index (χ1n) is 21.6. The van der Waals surface area contributed by atoms with Crippen LogP contribution in [-0.2, 0) is 11.8 Å². The Labute approximate surface area is 357 Å². The Balaban J connectivity index is 1.15. The molecule has 1 aromatic heterocycles. The fourth-order valence-electron chi connectivity index (χ4n) is 10.6. The Bertz CT molecular complexity index is 3320. The molecular formula is C58H45N3. The predicted octanol–water partition coefficient (Wildman–Crippen LogP) is 15.5. The van der Waals surface area contributed by atoms with E-state index in [0.29, 0.717) is 0 Å². The molecule has 3 nitrogen and oxygen atoms in total. The second-order valence-corrected chi connectivity index (χ2v) is 17.2. The van der Waals surface area contributed by atoms with Crippen molar-refractivity contribution in [1.82, 2.24) is 4.57 Å². The standard InChI is InChI=1S/C58H45N3/c1-58(2)52-27-13-11-24-50(52)57-51(46-25-15-29-54-47(46)26-16-34-59(54)41-19-5-3-6-20-41)36-45(37-53(57)58)60(43-31-30-39-17-9-10-18-40(39)35-43)44-32-33-49-48-23-12-14-28-55(48)61(56(49)38-44)42-21-7-4-8-22-42/h3-15,17-25,27-33,35-38H,16,26,34H2,1-2H3. The molecule has 61 heavy (non-hydrogen) atoms. The zero-order chi connectivity index (χ0) is 40.7. The van der Waals surface area contributed by atoms with Crippen molar-refractivity contribution in [2.75, 3.05) is 16.3 Å². The minimum Gasteiger partial charge on any atom is -0.341 e. The van der Waals surface area contributed by atoms with Gasteiger partial charge in [0, 0.05) is 56.9 Å². The molecule has 0 unspecified atom stereocenters. The van der Waals surface area contributed by atoms with E-state index in [1.165, 1.54) is 82.9 Å². The molecule has 2 aliphatic rings. The molecule has 12 rings (SSSR count). The van der Waals surface area contributed by atoms with Crippen LogP contribution < -0.4 is 9.80 Å². The minimum atomic E-state index is -0.208. The molecule has 0 saturated carbocycles. The molecule has 3 heteroatoms. The van der Waals surface area contributed by atoms with Gasteiger partial charge in [0.15, 0.2) is 0 Å². The van der Waals surface area contributed by atoms with Gasteiger partial charge in [0.2, 0.25) is 0 Å². The molecule has 0 fully saturated rings. The quantitative estimate of drug-likeness (QED) is 0.166. The smallest absolute Gasteiger partial charge is 0.0561 e. The number of hydrogen-bond acceptors (Lipinski definition) is 2. The second-order valence-electron chi connectivity index (χ2n) is 17.2. The van der Waals surface area contributed by atoms with Crippen molar-refractivity contribution >= 4 is 61.0 Å². The molecule has 9 aromatic carbocycles. The number of hydrogen-bond donors (Lipinski definition) is 0. The fraction of sp³-hybridized carbons (Fsp3) is 0.103. The average molecular weight is 784 g/mol. The van der Waals surface area contributed by atoms with Gasteiger partial charge in [0.1, 0.15) is 0 Å². The summed E-state index contributed by atoms with van der Waals surface area (Å²) in [6.45, 7) is 5.83. The van der Waals surface area contributed by atoms with Crippen molar-refractivity contribution in [2.45, 2.75) is 32.1 Å². The number of aromatic nitrogens is 1. The van der Waals surface area contributed by atoms with Crippen molar-refractivity contribution in [3.8, 4) is 27.9 Å². The van der Waals surface area contributed by atoms with E-state index < -0.39 is 0 Å². The molecule has 0 bridgehead atoms. The Hall–Kier alpha value is -7.36. The summed E-state index contributed by atoms with van der Waals surface area (Å²) < 4.78 is 2.43. The summed E-state index contributed by atoms with van der Waals surface area (Å²) in [5.74, 6) is 0. The molecule has 0 radical (unpaired) electrons. The number of fused-ring (bicyclic) bond motifs is 8. The van der Waals surface area contributed by atoms with Crippen LogP contribution in [0.2, 0.25) is 0 Å². The number of rotatable bonds is 6. The third-order valence-electron chi connectivity index (χ3n) is 13.5. The van der Waals surface area contributed by atoms with Crippen molar-refractivity contribution < 1.29 is 0 Å². The third kappa shape index (κ3) is 5.57.